The van der Waals surface area contributed by atoms with Crippen molar-refractivity contribution in [2.75, 3.05) is 12.3 Å². The Hall–Kier alpha value is -2.34. The Morgan fingerprint density at radius 1 is 1.32 bits per heavy atom. The molecule has 1 amide bonds. The van der Waals surface area contributed by atoms with Gasteiger partial charge in [0.1, 0.15) is 5.82 Å². The predicted octanol–water partition coefficient (Wildman–Crippen LogP) is 3.45. The molecule has 2 rings (SSSR count). The molecule has 1 heterocycles. The molecule has 1 aromatic carbocycles. The number of nitrogens with one attached hydrogen (secondary N) is 1. The van der Waals surface area contributed by atoms with E-state index in [4.69, 9.17) is 22.1 Å². The molecule has 1 aromatic heterocycles. The Kier molecular flexibility index (Phi) is 5.85. The van der Waals surface area contributed by atoms with Gasteiger partial charge in [-0.15, -0.1) is 0 Å². The molecule has 134 valence electrons. The van der Waals surface area contributed by atoms with E-state index in [1.807, 2.05) is 26.8 Å². The highest BCUT2D eigenvalue weighted by molar-refractivity contribution is 6.30. The van der Waals surface area contributed by atoms with Gasteiger partial charge >= 0.3 is 0 Å². The van der Waals surface area contributed by atoms with Gasteiger partial charge in [-0.25, -0.2) is 9.37 Å². The normalized spacial score (nSPS) is 11.2. The second-order valence-corrected chi connectivity index (χ2v) is 7.01. The van der Waals surface area contributed by atoms with Crippen molar-refractivity contribution >= 4 is 23.2 Å². The smallest absolute Gasteiger partial charge is 0.258 e. The molecule has 0 spiro atoms. The molecule has 2 aromatic rings. The molecule has 0 fully saturated rings. The van der Waals surface area contributed by atoms with Gasteiger partial charge in [0.15, 0.2) is 17.5 Å². The van der Waals surface area contributed by atoms with E-state index < -0.39 is 5.82 Å². The van der Waals surface area contributed by atoms with Crippen LogP contribution in [0.3, 0.4) is 0 Å². The maximum Gasteiger partial charge on any atom is 0.258 e. The van der Waals surface area contributed by atoms with Crippen molar-refractivity contribution in [3.05, 3.63) is 52.6 Å². The van der Waals surface area contributed by atoms with E-state index in [1.165, 1.54) is 12.1 Å². The van der Waals surface area contributed by atoms with E-state index in [2.05, 4.69) is 10.3 Å². The van der Waals surface area contributed by atoms with Crippen LogP contribution in [0.2, 0.25) is 5.15 Å². The van der Waals surface area contributed by atoms with E-state index in [0.29, 0.717) is 11.3 Å². The van der Waals surface area contributed by atoms with E-state index in [1.54, 1.807) is 12.1 Å². The van der Waals surface area contributed by atoms with Crippen molar-refractivity contribution in [2.24, 2.45) is 0 Å². The van der Waals surface area contributed by atoms with Gasteiger partial charge in [0, 0.05) is 17.7 Å². The number of amides is 1. The molecule has 5 nitrogen and oxygen atoms in total. The van der Waals surface area contributed by atoms with Gasteiger partial charge in [0.2, 0.25) is 0 Å². The SMILES string of the molecule is CC(C)(C)c1ccc(OCC(=O)NCc2ccc(N)c(F)c2)c(Cl)n1. The summed E-state index contributed by atoms with van der Waals surface area (Å²) in [6.45, 7) is 6.04. The van der Waals surface area contributed by atoms with Crippen molar-refractivity contribution in [2.45, 2.75) is 32.7 Å². The summed E-state index contributed by atoms with van der Waals surface area (Å²) in [4.78, 5) is 16.2. The monoisotopic (exact) mass is 365 g/mol. The van der Waals surface area contributed by atoms with E-state index in [-0.39, 0.29) is 35.3 Å². The zero-order valence-corrected chi connectivity index (χ0v) is 15.2. The first kappa shape index (κ1) is 19.0. The molecule has 3 N–H and O–H groups in total. The summed E-state index contributed by atoms with van der Waals surface area (Å²) >= 11 is 6.10. The molecule has 0 aliphatic heterocycles. The molecule has 7 heteroatoms. The number of hydrogen-bond acceptors (Lipinski definition) is 4. The molecule has 0 aliphatic rings. The average Bonchev–Trinajstić information content (AvgIpc) is 2.54. The van der Waals surface area contributed by atoms with Gasteiger partial charge in [-0.3, -0.25) is 4.79 Å². The molecule has 0 saturated heterocycles. The first-order valence-electron chi connectivity index (χ1n) is 7.77. The van der Waals surface area contributed by atoms with Crippen LogP contribution >= 0.6 is 11.6 Å². The first-order valence-corrected chi connectivity index (χ1v) is 8.15. The molecule has 0 unspecified atom stereocenters. The minimum atomic E-state index is -0.514. The fourth-order valence-electron chi connectivity index (χ4n) is 2.02. The van der Waals surface area contributed by atoms with Crippen LogP contribution in [0.25, 0.3) is 0 Å². The predicted molar refractivity (Wildman–Crippen MR) is 96.1 cm³/mol. The highest BCUT2D eigenvalue weighted by Crippen LogP contribution is 2.27. The lowest BCUT2D eigenvalue weighted by molar-refractivity contribution is -0.123. The molecule has 0 aliphatic carbocycles. The number of pyridine rings is 1. The average molecular weight is 366 g/mol. The van der Waals surface area contributed by atoms with Gasteiger partial charge in [-0.1, -0.05) is 38.4 Å². The summed E-state index contributed by atoms with van der Waals surface area (Å²) < 4.78 is 18.7. The fraction of sp³-hybridized carbons (Fsp3) is 0.333. The van der Waals surface area contributed by atoms with Crippen LogP contribution in [0.1, 0.15) is 32.0 Å². The molecule has 25 heavy (non-hydrogen) atoms. The minimum Gasteiger partial charge on any atom is -0.481 e. The number of nitrogens with zero attached hydrogens (tertiary/aromatic N) is 1. The van der Waals surface area contributed by atoms with Crippen molar-refractivity contribution in [3.63, 3.8) is 0 Å². The maximum absolute atomic E-state index is 13.3. The maximum atomic E-state index is 13.3. The van der Waals surface area contributed by atoms with Crippen LogP contribution in [-0.2, 0) is 16.8 Å². The largest absolute Gasteiger partial charge is 0.481 e. The lowest BCUT2D eigenvalue weighted by Gasteiger charge is -2.18. The van der Waals surface area contributed by atoms with Crippen LogP contribution in [0.4, 0.5) is 10.1 Å². The van der Waals surface area contributed by atoms with Crippen LogP contribution in [-0.4, -0.2) is 17.5 Å². The zero-order chi connectivity index (χ0) is 18.6. The van der Waals surface area contributed by atoms with Crippen molar-refractivity contribution in [1.82, 2.24) is 10.3 Å². The van der Waals surface area contributed by atoms with Crippen LogP contribution in [0, 0.1) is 5.82 Å². The Labute approximate surface area is 151 Å². The number of carbonyl (C=O) groups excluding carboxylic acids is 1. The number of halogens is 2. The second kappa shape index (κ2) is 7.70. The Balaban J connectivity index is 1.88. The fourth-order valence-corrected chi connectivity index (χ4v) is 2.23. The van der Waals surface area contributed by atoms with Gasteiger partial charge in [-0.05, 0) is 29.8 Å². The summed E-state index contributed by atoms with van der Waals surface area (Å²) in [5, 5.41) is 2.85. The van der Waals surface area contributed by atoms with Crippen molar-refractivity contribution < 1.29 is 13.9 Å². The highest BCUT2D eigenvalue weighted by atomic mass is 35.5. The van der Waals surface area contributed by atoms with Gasteiger partial charge in [0.25, 0.3) is 5.91 Å². The summed E-state index contributed by atoms with van der Waals surface area (Å²) in [6.07, 6.45) is 0. The number of hydrogen-bond donors (Lipinski definition) is 2. The molecular formula is C18H21ClFN3O2. The topological polar surface area (TPSA) is 77.2 Å². The minimum absolute atomic E-state index is 0.0688. The Morgan fingerprint density at radius 3 is 2.64 bits per heavy atom. The third-order valence-electron chi connectivity index (χ3n) is 3.50. The van der Waals surface area contributed by atoms with Gasteiger partial charge in [-0.2, -0.15) is 0 Å². The zero-order valence-electron chi connectivity index (χ0n) is 14.4. The lowest BCUT2D eigenvalue weighted by atomic mass is 9.92. The molecule has 0 atom stereocenters. The summed E-state index contributed by atoms with van der Waals surface area (Å²) in [6, 6.07) is 7.89. The number of rotatable bonds is 5. The summed E-state index contributed by atoms with van der Waals surface area (Å²) in [5.41, 5.74) is 6.78. The first-order chi connectivity index (χ1) is 11.7. The number of carbonyl (C=O) groups is 1. The Morgan fingerprint density at radius 2 is 2.04 bits per heavy atom. The van der Waals surface area contributed by atoms with Gasteiger partial charge < -0.3 is 15.8 Å². The van der Waals surface area contributed by atoms with E-state index in [9.17, 15) is 9.18 Å². The summed E-state index contributed by atoms with van der Waals surface area (Å²) in [5.74, 6) is -0.531. The van der Waals surface area contributed by atoms with Crippen LogP contribution < -0.4 is 15.8 Å². The third kappa shape index (κ3) is 5.32. The molecule has 0 radical (unpaired) electrons. The Bertz CT molecular complexity index is 775. The third-order valence-corrected chi connectivity index (χ3v) is 3.77. The highest BCUT2D eigenvalue weighted by Gasteiger charge is 2.17. The van der Waals surface area contributed by atoms with Crippen molar-refractivity contribution in [1.29, 1.82) is 0 Å². The number of benzene rings is 1. The quantitative estimate of drug-likeness (QED) is 0.628. The van der Waals surface area contributed by atoms with Crippen LogP contribution in [0.5, 0.6) is 5.75 Å². The van der Waals surface area contributed by atoms with Gasteiger partial charge in [0.05, 0.1) is 5.69 Å². The summed E-state index contributed by atoms with van der Waals surface area (Å²) in [7, 11) is 0. The van der Waals surface area contributed by atoms with E-state index >= 15 is 0 Å². The molecular weight excluding hydrogens is 345 g/mol. The van der Waals surface area contributed by atoms with Crippen LogP contribution in [0.15, 0.2) is 30.3 Å². The second-order valence-electron chi connectivity index (χ2n) is 6.66. The van der Waals surface area contributed by atoms with E-state index in [0.717, 1.165) is 5.69 Å². The van der Waals surface area contributed by atoms with Crippen molar-refractivity contribution in [3.8, 4) is 5.75 Å². The number of nitrogens with two attached hydrogens (primary N) is 1. The number of anilines is 1. The molecule has 0 saturated carbocycles. The standard InChI is InChI=1S/C18H21ClFN3O2/c1-18(2,3)15-7-6-14(17(19)23-15)25-10-16(24)22-9-11-4-5-13(21)12(20)8-11/h4-8H,9-10,21H2,1-3H3,(H,22,24). The lowest BCUT2D eigenvalue weighted by Crippen LogP contribution is -2.28. The number of ether oxygens (including phenoxy) is 1. The number of aromatic nitrogens is 1. The molecule has 0 bridgehead atoms. The number of nitrogen functional groups attached to an aromatic ring is 1.